The lowest BCUT2D eigenvalue weighted by Crippen LogP contribution is -2.06. The van der Waals surface area contributed by atoms with E-state index in [1.165, 1.54) is 31.4 Å². The first-order valence-corrected chi connectivity index (χ1v) is 5.51. The molecule has 0 spiro atoms. The first-order valence-electron chi connectivity index (χ1n) is 4.46. The molecule has 0 aliphatic carbocycles. The smallest absolute Gasteiger partial charge is 0.00729 e. The van der Waals surface area contributed by atoms with Gasteiger partial charge in [-0.2, -0.15) is 11.8 Å². The van der Waals surface area contributed by atoms with Crippen LogP contribution in [0.5, 0.6) is 0 Å². The molecule has 2 unspecified atom stereocenters. The number of hydrogen-bond acceptors (Lipinski definition) is 1. The molecule has 0 amide bonds. The van der Waals surface area contributed by atoms with E-state index in [0.717, 1.165) is 11.2 Å². The van der Waals surface area contributed by atoms with Crippen molar-refractivity contribution in [3.05, 3.63) is 0 Å². The zero-order chi connectivity index (χ0) is 7.40. The topological polar surface area (TPSA) is 0 Å². The first-order chi connectivity index (χ1) is 4.84. The standard InChI is InChI=1S/C9H18S/c1-3-4-5-9-8(2)6-7-10-9/h8-9H,3-7H2,1-2H3. The second-order valence-corrected chi connectivity index (χ2v) is 4.66. The van der Waals surface area contributed by atoms with Crippen LogP contribution < -0.4 is 0 Å². The number of thioether (sulfide) groups is 1. The Morgan fingerprint density at radius 1 is 1.50 bits per heavy atom. The van der Waals surface area contributed by atoms with E-state index in [2.05, 4.69) is 25.6 Å². The van der Waals surface area contributed by atoms with Gasteiger partial charge in [0.1, 0.15) is 0 Å². The van der Waals surface area contributed by atoms with Crippen molar-refractivity contribution in [1.29, 1.82) is 0 Å². The van der Waals surface area contributed by atoms with Crippen LogP contribution in [0.25, 0.3) is 0 Å². The molecule has 0 saturated carbocycles. The Kier molecular flexibility index (Phi) is 3.61. The fraction of sp³-hybridized carbons (Fsp3) is 1.00. The van der Waals surface area contributed by atoms with Gasteiger partial charge >= 0.3 is 0 Å². The van der Waals surface area contributed by atoms with Crippen molar-refractivity contribution in [2.24, 2.45) is 5.92 Å². The van der Waals surface area contributed by atoms with Gasteiger partial charge in [-0.15, -0.1) is 0 Å². The highest BCUT2D eigenvalue weighted by molar-refractivity contribution is 8.00. The van der Waals surface area contributed by atoms with Gasteiger partial charge in [0.2, 0.25) is 0 Å². The molecular formula is C9H18S. The summed E-state index contributed by atoms with van der Waals surface area (Å²) in [6.07, 6.45) is 5.72. The SMILES string of the molecule is CCCCC1SCCC1C. The number of unbranched alkanes of at least 4 members (excludes halogenated alkanes) is 1. The summed E-state index contributed by atoms with van der Waals surface area (Å²) in [5.41, 5.74) is 0. The molecule has 1 aliphatic rings. The Hall–Kier alpha value is 0.350. The molecule has 1 aliphatic heterocycles. The van der Waals surface area contributed by atoms with Crippen LogP contribution in [-0.2, 0) is 0 Å². The van der Waals surface area contributed by atoms with Crippen molar-refractivity contribution < 1.29 is 0 Å². The van der Waals surface area contributed by atoms with Crippen molar-refractivity contribution in [1.82, 2.24) is 0 Å². The van der Waals surface area contributed by atoms with E-state index in [0.29, 0.717) is 0 Å². The Labute approximate surface area is 68.8 Å². The highest BCUT2D eigenvalue weighted by Gasteiger charge is 2.22. The van der Waals surface area contributed by atoms with Crippen LogP contribution in [0.4, 0.5) is 0 Å². The van der Waals surface area contributed by atoms with E-state index >= 15 is 0 Å². The maximum absolute atomic E-state index is 2.40. The molecule has 0 aromatic carbocycles. The van der Waals surface area contributed by atoms with Gasteiger partial charge < -0.3 is 0 Å². The molecule has 0 bridgehead atoms. The average Bonchev–Trinajstić information content (AvgIpc) is 2.31. The van der Waals surface area contributed by atoms with Gasteiger partial charge in [0.25, 0.3) is 0 Å². The molecular weight excluding hydrogens is 140 g/mol. The highest BCUT2D eigenvalue weighted by atomic mass is 32.2. The molecule has 1 rings (SSSR count). The van der Waals surface area contributed by atoms with Crippen LogP contribution in [0.15, 0.2) is 0 Å². The minimum Gasteiger partial charge on any atom is -0.158 e. The van der Waals surface area contributed by atoms with E-state index in [1.54, 1.807) is 0 Å². The summed E-state index contributed by atoms with van der Waals surface area (Å²) in [5, 5.41) is 1.000. The third-order valence-electron chi connectivity index (χ3n) is 2.38. The molecule has 1 fully saturated rings. The van der Waals surface area contributed by atoms with Gasteiger partial charge in [0, 0.05) is 5.25 Å². The molecule has 2 atom stereocenters. The Balaban J connectivity index is 2.14. The minimum atomic E-state index is 0.997. The van der Waals surface area contributed by atoms with Crippen LogP contribution in [0, 0.1) is 5.92 Å². The van der Waals surface area contributed by atoms with Gasteiger partial charge in [-0.1, -0.05) is 26.7 Å². The molecule has 10 heavy (non-hydrogen) atoms. The molecule has 0 nitrogen and oxygen atoms in total. The van der Waals surface area contributed by atoms with Gasteiger partial charge in [-0.05, 0) is 24.5 Å². The Morgan fingerprint density at radius 2 is 2.30 bits per heavy atom. The van der Waals surface area contributed by atoms with Crippen molar-refractivity contribution in [2.45, 2.75) is 44.8 Å². The second kappa shape index (κ2) is 4.27. The van der Waals surface area contributed by atoms with Gasteiger partial charge in [-0.25, -0.2) is 0 Å². The molecule has 0 aromatic rings. The molecule has 1 heteroatoms. The molecule has 1 saturated heterocycles. The van der Waals surface area contributed by atoms with Gasteiger partial charge in [-0.3, -0.25) is 0 Å². The summed E-state index contributed by atoms with van der Waals surface area (Å²) in [7, 11) is 0. The maximum atomic E-state index is 2.40. The van der Waals surface area contributed by atoms with Crippen LogP contribution in [0.1, 0.15) is 39.5 Å². The molecule has 1 heterocycles. The lowest BCUT2D eigenvalue weighted by molar-refractivity contribution is 0.523. The second-order valence-electron chi connectivity index (χ2n) is 3.32. The van der Waals surface area contributed by atoms with Crippen molar-refractivity contribution in [2.75, 3.05) is 5.75 Å². The molecule has 0 N–H and O–H groups in total. The average molecular weight is 158 g/mol. The van der Waals surface area contributed by atoms with Crippen LogP contribution in [0.3, 0.4) is 0 Å². The first kappa shape index (κ1) is 8.45. The summed E-state index contributed by atoms with van der Waals surface area (Å²) < 4.78 is 0. The molecule has 60 valence electrons. The van der Waals surface area contributed by atoms with Gasteiger partial charge in [0.15, 0.2) is 0 Å². The highest BCUT2D eigenvalue weighted by Crippen LogP contribution is 2.34. The fourth-order valence-corrected chi connectivity index (χ4v) is 3.14. The van der Waals surface area contributed by atoms with Gasteiger partial charge in [0.05, 0.1) is 0 Å². The monoisotopic (exact) mass is 158 g/mol. The quantitative estimate of drug-likeness (QED) is 0.607. The summed E-state index contributed by atoms with van der Waals surface area (Å²) in [4.78, 5) is 0. The van der Waals surface area contributed by atoms with E-state index in [4.69, 9.17) is 0 Å². The van der Waals surface area contributed by atoms with E-state index in [9.17, 15) is 0 Å². The van der Waals surface area contributed by atoms with Crippen molar-refractivity contribution in [3.8, 4) is 0 Å². The summed E-state index contributed by atoms with van der Waals surface area (Å²) in [6.45, 7) is 4.69. The van der Waals surface area contributed by atoms with E-state index < -0.39 is 0 Å². The third-order valence-corrected chi connectivity index (χ3v) is 3.98. The normalized spacial score (nSPS) is 33.0. The van der Waals surface area contributed by atoms with Crippen molar-refractivity contribution in [3.63, 3.8) is 0 Å². The summed E-state index contributed by atoms with van der Waals surface area (Å²) in [5.74, 6) is 2.41. The predicted octanol–water partition coefficient (Wildman–Crippen LogP) is 3.32. The Morgan fingerprint density at radius 3 is 2.80 bits per heavy atom. The largest absolute Gasteiger partial charge is 0.158 e. The zero-order valence-corrected chi connectivity index (χ0v) is 7.91. The summed E-state index contributed by atoms with van der Waals surface area (Å²) in [6, 6.07) is 0. The number of hydrogen-bond donors (Lipinski definition) is 0. The van der Waals surface area contributed by atoms with Crippen LogP contribution in [0.2, 0.25) is 0 Å². The number of rotatable bonds is 3. The van der Waals surface area contributed by atoms with Crippen LogP contribution >= 0.6 is 11.8 Å². The fourth-order valence-electron chi connectivity index (χ4n) is 1.53. The summed E-state index contributed by atoms with van der Waals surface area (Å²) >= 11 is 2.19. The Bertz CT molecular complexity index is 90.7. The lowest BCUT2D eigenvalue weighted by Gasteiger charge is -2.12. The van der Waals surface area contributed by atoms with E-state index in [-0.39, 0.29) is 0 Å². The van der Waals surface area contributed by atoms with Crippen LogP contribution in [-0.4, -0.2) is 11.0 Å². The van der Waals surface area contributed by atoms with E-state index in [1.807, 2.05) is 0 Å². The van der Waals surface area contributed by atoms with Crippen molar-refractivity contribution >= 4 is 11.8 Å². The molecule has 0 radical (unpaired) electrons. The maximum Gasteiger partial charge on any atom is 0.00729 e. The minimum absolute atomic E-state index is 0.997. The predicted molar refractivity (Wildman–Crippen MR) is 49.6 cm³/mol. The zero-order valence-electron chi connectivity index (χ0n) is 7.10. The lowest BCUT2D eigenvalue weighted by atomic mass is 10.0. The molecule has 0 aromatic heterocycles. The third kappa shape index (κ3) is 2.19.